The Labute approximate surface area is 497 Å². The molecule has 0 bridgehead atoms. The summed E-state index contributed by atoms with van der Waals surface area (Å²) >= 11 is 0. The number of allylic oxidation sites excluding steroid dienone is 12. The third-order valence-electron chi connectivity index (χ3n) is 15.5. The van der Waals surface area contributed by atoms with Gasteiger partial charge in [-0.05, 0) is 70.6 Å². The standard InChI is InChI=1S/C74H132O6/c1-4-7-10-13-16-19-21-23-25-27-29-31-33-34-35-36-37-38-39-40-42-43-45-47-49-51-53-55-58-61-64-67-73(76)79-70-71(69-78-72(75)66-63-60-57-18-15-12-9-6-3)80-74(77)68-65-62-59-56-54-52-50-48-46-44-41-32-30-28-26-24-22-20-17-14-11-8-5-2/h7,10,16,19,23,25,29,31,34-35,37-38,71H,4-6,8-9,11-15,17-18,20-22,24,26-28,30,32-33,36,39-70H2,1-3H3/b10-7-,19-16-,25-23-,31-29-,35-34-,38-37-. The van der Waals surface area contributed by atoms with Crippen LogP contribution in [0.5, 0.6) is 0 Å². The highest BCUT2D eigenvalue weighted by atomic mass is 16.6. The van der Waals surface area contributed by atoms with Crippen LogP contribution >= 0.6 is 0 Å². The Hall–Kier alpha value is -3.15. The normalized spacial score (nSPS) is 12.5. The van der Waals surface area contributed by atoms with Crippen molar-refractivity contribution < 1.29 is 28.6 Å². The van der Waals surface area contributed by atoms with Crippen molar-refractivity contribution in [2.75, 3.05) is 13.2 Å². The van der Waals surface area contributed by atoms with Crippen LogP contribution in [-0.4, -0.2) is 37.2 Å². The molecule has 0 aliphatic carbocycles. The van der Waals surface area contributed by atoms with Crippen molar-refractivity contribution in [3.05, 3.63) is 72.9 Å². The number of rotatable bonds is 64. The minimum absolute atomic E-state index is 0.0701. The molecule has 1 unspecified atom stereocenters. The predicted molar refractivity (Wildman–Crippen MR) is 348 cm³/mol. The summed E-state index contributed by atoms with van der Waals surface area (Å²) < 4.78 is 16.9. The maximum Gasteiger partial charge on any atom is 0.306 e. The van der Waals surface area contributed by atoms with Crippen LogP contribution in [0.3, 0.4) is 0 Å². The lowest BCUT2D eigenvalue weighted by Gasteiger charge is -2.18. The second kappa shape index (κ2) is 68.3. The molecule has 0 rings (SSSR count). The van der Waals surface area contributed by atoms with Crippen LogP contribution in [0.25, 0.3) is 0 Å². The van der Waals surface area contributed by atoms with Crippen LogP contribution in [0.1, 0.15) is 361 Å². The number of hydrogen-bond donors (Lipinski definition) is 0. The first kappa shape index (κ1) is 76.9. The number of esters is 3. The van der Waals surface area contributed by atoms with Gasteiger partial charge in [-0.3, -0.25) is 14.4 Å². The Morgan fingerprint density at radius 1 is 0.263 bits per heavy atom. The molecule has 0 aliphatic rings. The Kier molecular flexibility index (Phi) is 65.7. The van der Waals surface area contributed by atoms with E-state index in [9.17, 15) is 14.4 Å². The number of carbonyl (C=O) groups is 3. The summed E-state index contributed by atoms with van der Waals surface area (Å²) in [5, 5.41) is 0. The van der Waals surface area contributed by atoms with Crippen molar-refractivity contribution in [3.63, 3.8) is 0 Å². The van der Waals surface area contributed by atoms with Crippen LogP contribution in [-0.2, 0) is 28.6 Å². The summed E-state index contributed by atoms with van der Waals surface area (Å²) in [5.41, 5.74) is 0. The molecule has 464 valence electrons. The largest absolute Gasteiger partial charge is 0.462 e. The molecule has 0 N–H and O–H groups in total. The van der Waals surface area contributed by atoms with Crippen molar-refractivity contribution in [3.8, 4) is 0 Å². The lowest BCUT2D eigenvalue weighted by atomic mass is 10.0. The van der Waals surface area contributed by atoms with Gasteiger partial charge in [0.25, 0.3) is 0 Å². The molecule has 6 nitrogen and oxygen atoms in total. The average Bonchev–Trinajstić information content (AvgIpc) is 3.46. The maximum absolute atomic E-state index is 12.9. The van der Waals surface area contributed by atoms with E-state index in [0.717, 1.165) is 96.3 Å². The highest BCUT2D eigenvalue weighted by Crippen LogP contribution is 2.18. The van der Waals surface area contributed by atoms with E-state index >= 15 is 0 Å². The van der Waals surface area contributed by atoms with E-state index in [-0.39, 0.29) is 31.1 Å². The monoisotopic (exact) mass is 1120 g/mol. The molecule has 0 radical (unpaired) electrons. The Morgan fingerprint density at radius 3 is 0.762 bits per heavy atom. The summed E-state index contributed by atoms with van der Waals surface area (Å²) in [6.07, 6.45) is 89.5. The molecule has 80 heavy (non-hydrogen) atoms. The third kappa shape index (κ3) is 65.7. The minimum atomic E-state index is -0.771. The van der Waals surface area contributed by atoms with E-state index in [1.807, 2.05) is 0 Å². The first-order valence-electron chi connectivity index (χ1n) is 34.9. The summed E-state index contributed by atoms with van der Waals surface area (Å²) in [6.45, 7) is 6.55. The van der Waals surface area contributed by atoms with Crippen LogP contribution in [0.2, 0.25) is 0 Å². The second-order valence-corrected chi connectivity index (χ2v) is 23.4. The lowest BCUT2D eigenvalue weighted by molar-refractivity contribution is -0.167. The fourth-order valence-corrected chi connectivity index (χ4v) is 10.3. The van der Waals surface area contributed by atoms with Gasteiger partial charge in [0.2, 0.25) is 0 Å². The van der Waals surface area contributed by atoms with Gasteiger partial charge in [0.05, 0.1) is 0 Å². The van der Waals surface area contributed by atoms with E-state index in [0.29, 0.717) is 19.3 Å². The quantitative estimate of drug-likeness (QED) is 0.0261. The van der Waals surface area contributed by atoms with E-state index in [1.165, 1.54) is 225 Å². The summed E-state index contributed by atoms with van der Waals surface area (Å²) in [4.78, 5) is 38.2. The minimum Gasteiger partial charge on any atom is -0.462 e. The summed E-state index contributed by atoms with van der Waals surface area (Å²) in [6, 6.07) is 0. The van der Waals surface area contributed by atoms with Gasteiger partial charge in [0.1, 0.15) is 13.2 Å². The first-order valence-corrected chi connectivity index (χ1v) is 34.9. The zero-order valence-corrected chi connectivity index (χ0v) is 53.3. The number of ether oxygens (including phenoxy) is 3. The Balaban J connectivity index is 4.09. The van der Waals surface area contributed by atoms with Crippen LogP contribution < -0.4 is 0 Å². The number of unbranched alkanes of at least 4 members (excludes halogenated alkanes) is 41. The van der Waals surface area contributed by atoms with Crippen molar-refractivity contribution in [2.24, 2.45) is 0 Å². The molecule has 0 saturated heterocycles. The second-order valence-electron chi connectivity index (χ2n) is 23.4. The van der Waals surface area contributed by atoms with Crippen molar-refractivity contribution in [2.45, 2.75) is 367 Å². The van der Waals surface area contributed by atoms with Crippen molar-refractivity contribution >= 4 is 17.9 Å². The fraction of sp³-hybridized carbons (Fsp3) is 0.797. The van der Waals surface area contributed by atoms with Crippen LogP contribution in [0.15, 0.2) is 72.9 Å². The van der Waals surface area contributed by atoms with Crippen molar-refractivity contribution in [1.29, 1.82) is 0 Å². The first-order chi connectivity index (χ1) is 39.5. The highest BCUT2D eigenvalue weighted by molar-refractivity contribution is 5.71. The molecule has 0 aromatic carbocycles. The lowest BCUT2D eigenvalue weighted by Crippen LogP contribution is -2.30. The van der Waals surface area contributed by atoms with E-state index in [1.54, 1.807) is 0 Å². The highest BCUT2D eigenvalue weighted by Gasteiger charge is 2.19. The summed E-state index contributed by atoms with van der Waals surface area (Å²) in [5.74, 6) is -0.855. The molecule has 0 saturated carbocycles. The van der Waals surface area contributed by atoms with Gasteiger partial charge in [-0.1, -0.05) is 344 Å². The number of carbonyl (C=O) groups excluding carboxylic acids is 3. The molecule has 0 fully saturated rings. The van der Waals surface area contributed by atoms with Crippen molar-refractivity contribution in [1.82, 2.24) is 0 Å². The van der Waals surface area contributed by atoms with Gasteiger partial charge >= 0.3 is 17.9 Å². The molecule has 0 aromatic heterocycles. The molecule has 1 atom stereocenters. The zero-order chi connectivity index (χ0) is 57.8. The van der Waals surface area contributed by atoms with E-state index in [4.69, 9.17) is 14.2 Å². The van der Waals surface area contributed by atoms with Gasteiger partial charge in [0, 0.05) is 19.3 Å². The Bertz CT molecular complexity index is 1470. The summed E-state index contributed by atoms with van der Waals surface area (Å²) in [7, 11) is 0. The predicted octanol–water partition coefficient (Wildman–Crippen LogP) is 24.1. The van der Waals surface area contributed by atoms with Crippen LogP contribution in [0, 0.1) is 0 Å². The molecule has 0 spiro atoms. The zero-order valence-electron chi connectivity index (χ0n) is 53.3. The molecule has 0 heterocycles. The van der Waals surface area contributed by atoms with E-state index < -0.39 is 6.10 Å². The van der Waals surface area contributed by atoms with Gasteiger partial charge in [0.15, 0.2) is 6.10 Å². The number of hydrogen-bond acceptors (Lipinski definition) is 6. The van der Waals surface area contributed by atoms with E-state index in [2.05, 4.69) is 93.7 Å². The average molecular weight is 1120 g/mol. The Morgan fingerprint density at radius 2 is 0.487 bits per heavy atom. The molecule has 0 aromatic rings. The maximum atomic E-state index is 12.9. The molecular weight excluding hydrogens is 985 g/mol. The topological polar surface area (TPSA) is 78.9 Å². The molecule has 0 aliphatic heterocycles. The molecule has 6 heteroatoms. The molecular formula is C74H132O6. The van der Waals surface area contributed by atoms with Gasteiger partial charge in [-0.25, -0.2) is 0 Å². The smallest absolute Gasteiger partial charge is 0.306 e. The van der Waals surface area contributed by atoms with Gasteiger partial charge in [-0.2, -0.15) is 0 Å². The SMILES string of the molecule is CC/C=C\C/C=C\C/C=C\C/C=C\C/C=C\C/C=C\CCCCCCCCCCCCCCC(=O)OCC(COC(=O)CCCCCCCCCC)OC(=O)CCCCCCCCCCCCCCCCCCCCCCCCC. The fourth-order valence-electron chi connectivity index (χ4n) is 10.3. The third-order valence-corrected chi connectivity index (χ3v) is 15.5. The van der Waals surface area contributed by atoms with Gasteiger partial charge < -0.3 is 14.2 Å². The van der Waals surface area contributed by atoms with Gasteiger partial charge in [-0.15, -0.1) is 0 Å². The van der Waals surface area contributed by atoms with Crippen LogP contribution in [0.4, 0.5) is 0 Å². The molecule has 0 amide bonds.